The van der Waals surface area contributed by atoms with Crippen LogP contribution in [0.25, 0.3) is 0 Å². The summed E-state index contributed by atoms with van der Waals surface area (Å²) in [5.74, 6) is 1.72. The molecule has 88 valence electrons. The fraction of sp³-hybridized carbons (Fsp3) is 0.538. The van der Waals surface area contributed by atoms with Gasteiger partial charge in [0.2, 0.25) is 0 Å². The van der Waals surface area contributed by atoms with Gasteiger partial charge < -0.3 is 14.6 Å². The molecule has 0 radical (unpaired) electrons. The van der Waals surface area contributed by atoms with Gasteiger partial charge in [-0.2, -0.15) is 0 Å². The van der Waals surface area contributed by atoms with Crippen molar-refractivity contribution in [2.75, 3.05) is 14.2 Å². The molecule has 1 atom stereocenters. The number of rotatable bonds is 3. The molecule has 2 rings (SSSR count). The molecule has 0 saturated carbocycles. The van der Waals surface area contributed by atoms with Gasteiger partial charge in [-0.25, -0.2) is 0 Å². The maximum absolute atomic E-state index is 9.75. The Kier molecular flexibility index (Phi) is 3.06. The van der Waals surface area contributed by atoms with Gasteiger partial charge in [-0.3, -0.25) is 0 Å². The number of aliphatic hydroxyl groups excluding tert-OH is 1. The van der Waals surface area contributed by atoms with Gasteiger partial charge in [-0.1, -0.05) is 0 Å². The highest BCUT2D eigenvalue weighted by Crippen LogP contribution is 2.41. The lowest BCUT2D eigenvalue weighted by atomic mass is 10.00. The van der Waals surface area contributed by atoms with Crippen LogP contribution < -0.4 is 9.47 Å². The number of hydrogen-bond donors (Lipinski definition) is 1. The molecule has 3 heteroatoms. The van der Waals surface area contributed by atoms with Gasteiger partial charge >= 0.3 is 0 Å². The highest BCUT2D eigenvalue weighted by molar-refractivity contribution is 5.56. The molecular formula is C13H18O3. The average molecular weight is 222 g/mol. The monoisotopic (exact) mass is 222 g/mol. The Bertz CT molecular complexity index is 397. The Hall–Kier alpha value is -1.22. The van der Waals surface area contributed by atoms with Gasteiger partial charge in [-0.05, 0) is 32.3 Å². The minimum Gasteiger partial charge on any atom is -0.496 e. The summed E-state index contributed by atoms with van der Waals surface area (Å²) < 4.78 is 10.8. The Morgan fingerprint density at radius 2 is 1.88 bits per heavy atom. The van der Waals surface area contributed by atoms with E-state index in [2.05, 4.69) is 0 Å². The molecule has 0 heterocycles. The van der Waals surface area contributed by atoms with Crippen LogP contribution in [-0.4, -0.2) is 19.3 Å². The second kappa shape index (κ2) is 4.34. The van der Waals surface area contributed by atoms with E-state index in [0.717, 1.165) is 36.3 Å². The molecule has 0 spiro atoms. The minimum absolute atomic E-state index is 0.533. The van der Waals surface area contributed by atoms with Crippen molar-refractivity contribution >= 4 is 0 Å². The van der Waals surface area contributed by atoms with Crippen LogP contribution in [0.3, 0.4) is 0 Å². The summed E-state index contributed by atoms with van der Waals surface area (Å²) in [5.41, 5.74) is 3.27. The summed E-state index contributed by atoms with van der Waals surface area (Å²) in [4.78, 5) is 0. The summed E-state index contributed by atoms with van der Waals surface area (Å²) in [6.45, 7) is 1.75. The Morgan fingerprint density at radius 1 is 1.19 bits per heavy atom. The van der Waals surface area contributed by atoms with E-state index in [0.29, 0.717) is 0 Å². The van der Waals surface area contributed by atoms with E-state index in [1.54, 1.807) is 21.1 Å². The molecule has 0 fully saturated rings. The largest absolute Gasteiger partial charge is 0.496 e. The van der Waals surface area contributed by atoms with Crippen molar-refractivity contribution in [3.63, 3.8) is 0 Å². The molecule has 0 aromatic heterocycles. The lowest BCUT2D eigenvalue weighted by molar-refractivity contribution is 0.193. The average Bonchev–Trinajstić information content (AvgIpc) is 2.75. The summed E-state index contributed by atoms with van der Waals surface area (Å²) in [6.07, 6.45) is 2.64. The normalized spacial score (nSPS) is 15.8. The Labute approximate surface area is 96.0 Å². The third kappa shape index (κ3) is 1.65. The third-order valence-electron chi connectivity index (χ3n) is 3.21. The molecule has 3 nitrogen and oxygen atoms in total. The second-order valence-electron chi connectivity index (χ2n) is 4.19. The molecule has 1 aliphatic carbocycles. The molecule has 0 amide bonds. The van der Waals surface area contributed by atoms with Crippen LogP contribution in [0.4, 0.5) is 0 Å². The predicted molar refractivity (Wildman–Crippen MR) is 62.2 cm³/mol. The van der Waals surface area contributed by atoms with Crippen LogP contribution in [0, 0.1) is 0 Å². The maximum Gasteiger partial charge on any atom is 0.128 e. The lowest BCUT2D eigenvalue weighted by Gasteiger charge is -2.18. The Balaban J connectivity index is 2.63. The molecule has 0 saturated heterocycles. The van der Waals surface area contributed by atoms with E-state index in [4.69, 9.17) is 9.47 Å². The van der Waals surface area contributed by atoms with Crippen LogP contribution in [0.5, 0.6) is 11.5 Å². The fourth-order valence-electron chi connectivity index (χ4n) is 2.47. The number of fused-ring (bicyclic) bond motifs is 1. The zero-order valence-corrected chi connectivity index (χ0v) is 10.0. The van der Waals surface area contributed by atoms with Crippen molar-refractivity contribution in [1.82, 2.24) is 0 Å². The molecule has 0 aliphatic heterocycles. The highest BCUT2D eigenvalue weighted by Gasteiger charge is 2.24. The first-order valence-electron chi connectivity index (χ1n) is 5.63. The zero-order valence-electron chi connectivity index (χ0n) is 10.0. The summed E-state index contributed by atoms with van der Waals surface area (Å²) in [6, 6.07) is 1.90. The molecule has 1 aromatic rings. The standard InChI is InChI=1S/C13H18O3/c1-8(14)11-7-12(15-2)9-5-4-6-10(9)13(11)16-3/h7-8,14H,4-6H2,1-3H3. The number of methoxy groups -OCH3 is 2. The lowest BCUT2D eigenvalue weighted by Crippen LogP contribution is -2.03. The van der Waals surface area contributed by atoms with Crippen LogP contribution in [0.1, 0.15) is 36.1 Å². The first-order chi connectivity index (χ1) is 7.69. The molecule has 16 heavy (non-hydrogen) atoms. The second-order valence-corrected chi connectivity index (χ2v) is 4.19. The quantitative estimate of drug-likeness (QED) is 0.852. The summed E-state index contributed by atoms with van der Waals surface area (Å²) in [5, 5.41) is 9.75. The van der Waals surface area contributed by atoms with E-state index >= 15 is 0 Å². The van der Waals surface area contributed by atoms with Crippen molar-refractivity contribution in [3.05, 3.63) is 22.8 Å². The van der Waals surface area contributed by atoms with Crippen molar-refractivity contribution < 1.29 is 14.6 Å². The molecule has 1 unspecified atom stereocenters. The first kappa shape index (κ1) is 11.3. The topological polar surface area (TPSA) is 38.7 Å². The molecule has 1 N–H and O–H groups in total. The number of hydrogen-bond acceptors (Lipinski definition) is 3. The van der Waals surface area contributed by atoms with Crippen molar-refractivity contribution in [3.8, 4) is 11.5 Å². The van der Waals surface area contributed by atoms with Crippen LogP contribution in [0.15, 0.2) is 6.07 Å². The van der Waals surface area contributed by atoms with Gasteiger partial charge in [0.25, 0.3) is 0 Å². The number of aliphatic hydroxyl groups is 1. The van der Waals surface area contributed by atoms with Crippen LogP contribution >= 0.6 is 0 Å². The molecule has 0 bridgehead atoms. The van der Waals surface area contributed by atoms with Gasteiger partial charge in [0.1, 0.15) is 11.5 Å². The first-order valence-corrected chi connectivity index (χ1v) is 5.63. The smallest absolute Gasteiger partial charge is 0.128 e. The predicted octanol–water partition coefficient (Wildman–Crippen LogP) is 2.25. The van der Waals surface area contributed by atoms with E-state index in [9.17, 15) is 5.11 Å². The van der Waals surface area contributed by atoms with E-state index in [1.807, 2.05) is 6.07 Å². The van der Waals surface area contributed by atoms with Crippen LogP contribution in [-0.2, 0) is 12.8 Å². The number of benzene rings is 1. The Morgan fingerprint density at radius 3 is 2.44 bits per heavy atom. The minimum atomic E-state index is -0.533. The SMILES string of the molecule is COc1cc(C(C)O)c(OC)c2c1CCC2. The van der Waals surface area contributed by atoms with Gasteiger partial charge in [0.05, 0.1) is 20.3 Å². The zero-order chi connectivity index (χ0) is 11.7. The van der Waals surface area contributed by atoms with Crippen LogP contribution in [0.2, 0.25) is 0 Å². The highest BCUT2D eigenvalue weighted by atomic mass is 16.5. The van der Waals surface area contributed by atoms with Crippen molar-refractivity contribution in [2.45, 2.75) is 32.3 Å². The molecule has 1 aliphatic rings. The maximum atomic E-state index is 9.75. The van der Waals surface area contributed by atoms with Crippen molar-refractivity contribution in [1.29, 1.82) is 0 Å². The van der Waals surface area contributed by atoms with Gasteiger partial charge in [-0.15, -0.1) is 0 Å². The molecular weight excluding hydrogens is 204 g/mol. The molecule has 1 aromatic carbocycles. The van der Waals surface area contributed by atoms with E-state index in [-0.39, 0.29) is 0 Å². The van der Waals surface area contributed by atoms with Gasteiger partial charge in [0.15, 0.2) is 0 Å². The van der Waals surface area contributed by atoms with Gasteiger partial charge in [0, 0.05) is 16.7 Å². The number of ether oxygens (including phenoxy) is 2. The van der Waals surface area contributed by atoms with Crippen molar-refractivity contribution in [2.24, 2.45) is 0 Å². The fourth-order valence-corrected chi connectivity index (χ4v) is 2.47. The van der Waals surface area contributed by atoms with E-state index < -0.39 is 6.10 Å². The summed E-state index contributed by atoms with van der Waals surface area (Å²) in [7, 11) is 3.33. The van der Waals surface area contributed by atoms with E-state index in [1.165, 1.54) is 11.1 Å². The third-order valence-corrected chi connectivity index (χ3v) is 3.21. The summed E-state index contributed by atoms with van der Waals surface area (Å²) >= 11 is 0.